The Morgan fingerprint density at radius 2 is 1.63 bits per heavy atom. The van der Waals surface area contributed by atoms with E-state index >= 15 is 0 Å². The van der Waals surface area contributed by atoms with Gasteiger partial charge >= 0.3 is 5.91 Å². The van der Waals surface area contributed by atoms with E-state index in [1.165, 1.54) is 16.2 Å². The highest BCUT2D eigenvalue weighted by molar-refractivity contribution is 7.22. The predicted octanol–water partition coefficient (Wildman–Crippen LogP) is 7.94. The number of Topliss-reactive ketones (excluding diaryl/α,β-unsaturated/α-hetero) is 1. The number of aliphatic hydroxyl groups excluding tert-OH is 1. The maximum atomic E-state index is 13.6. The number of amides is 1. The van der Waals surface area contributed by atoms with Crippen LogP contribution in [-0.2, 0) is 16.2 Å². The molecule has 0 spiro atoms. The maximum absolute atomic E-state index is 13.6. The number of aliphatic hydroxyl groups is 1. The van der Waals surface area contributed by atoms with E-state index < -0.39 is 17.7 Å². The van der Waals surface area contributed by atoms with Crippen molar-refractivity contribution < 1.29 is 24.2 Å². The van der Waals surface area contributed by atoms with E-state index in [0.29, 0.717) is 51.5 Å². The molecule has 1 unspecified atom stereocenters. The molecule has 4 aromatic carbocycles. The van der Waals surface area contributed by atoms with Crippen molar-refractivity contribution in [2.24, 2.45) is 0 Å². The summed E-state index contributed by atoms with van der Waals surface area (Å²) in [5.74, 6) is -0.572. The number of nitrogens with zero attached hydrogens (tertiary/aromatic N) is 2. The molecule has 5 aromatic rings. The van der Waals surface area contributed by atoms with Crippen molar-refractivity contribution >= 4 is 55.7 Å². The van der Waals surface area contributed by atoms with E-state index in [1.54, 1.807) is 66.7 Å². The molecule has 1 fully saturated rings. The third-order valence-electron chi connectivity index (χ3n) is 7.03. The summed E-state index contributed by atoms with van der Waals surface area (Å²) in [7, 11) is 0. The average Bonchev–Trinajstić information content (AvgIpc) is 3.56. The Morgan fingerprint density at radius 1 is 0.930 bits per heavy atom. The molecule has 1 atom stereocenters. The Morgan fingerprint density at radius 3 is 2.35 bits per heavy atom. The Hall–Kier alpha value is -4.66. The van der Waals surface area contributed by atoms with Crippen LogP contribution in [0.15, 0.2) is 103 Å². The Balaban J connectivity index is 1.40. The molecule has 7 nitrogen and oxygen atoms in total. The second kappa shape index (κ2) is 12.3. The van der Waals surface area contributed by atoms with Gasteiger partial charge in [0.2, 0.25) is 0 Å². The number of carbonyl (C=O) groups excluding carboxylic acids is 2. The Bertz CT molecular complexity index is 1820. The molecule has 1 saturated heterocycles. The van der Waals surface area contributed by atoms with Crippen LogP contribution < -0.4 is 14.4 Å². The van der Waals surface area contributed by atoms with Gasteiger partial charge in [-0.25, -0.2) is 4.98 Å². The second-order valence-corrected chi connectivity index (χ2v) is 11.4. The fraction of sp³-hybridized carbons (Fsp3) is 0.147. The third-order valence-corrected chi connectivity index (χ3v) is 8.29. The number of ether oxygens (including phenoxy) is 2. The van der Waals surface area contributed by atoms with Crippen LogP contribution in [0.1, 0.15) is 36.1 Å². The lowest BCUT2D eigenvalue weighted by Gasteiger charge is -2.23. The number of rotatable bonds is 9. The minimum atomic E-state index is -0.921. The zero-order chi connectivity index (χ0) is 29.9. The summed E-state index contributed by atoms with van der Waals surface area (Å²) in [5.41, 5.74) is 2.67. The van der Waals surface area contributed by atoms with Crippen molar-refractivity contribution in [3.63, 3.8) is 0 Å². The van der Waals surface area contributed by atoms with Crippen LogP contribution in [0.5, 0.6) is 11.5 Å². The number of carbonyl (C=O) groups is 2. The Labute approximate surface area is 257 Å². The lowest BCUT2D eigenvalue weighted by Crippen LogP contribution is -2.29. The number of aromatic nitrogens is 1. The van der Waals surface area contributed by atoms with Crippen molar-refractivity contribution in [1.29, 1.82) is 0 Å². The molecule has 1 aliphatic heterocycles. The monoisotopic (exact) mass is 610 g/mol. The van der Waals surface area contributed by atoms with E-state index in [9.17, 15) is 14.7 Å². The lowest BCUT2D eigenvalue weighted by molar-refractivity contribution is -0.132. The number of benzene rings is 4. The van der Waals surface area contributed by atoms with Gasteiger partial charge in [-0.3, -0.25) is 14.5 Å². The van der Waals surface area contributed by atoms with Crippen LogP contribution in [0, 0.1) is 0 Å². The van der Waals surface area contributed by atoms with Crippen molar-refractivity contribution in [2.45, 2.75) is 26.0 Å². The number of hydrogen-bond donors (Lipinski definition) is 1. The van der Waals surface area contributed by atoms with Gasteiger partial charge in [0.05, 0.1) is 28.4 Å². The predicted molar refractivity (Wildman–Crippen MR) is 169 cm³/mol. The summed E-state index contributed by atoms with van der Waals surface area (Å²) in [5, 5.41) is 12.4. The van der Waals surface area contributed by atoms with Gasteiger partial charge in [0.25, 0.3) is 5.78 Å². The lowest BCUT2D eigenvalue weighted by atomic mass is 9.95. The molecule has 1 N–H and O–H groups in total. The van der Waals surface area contributed by atoms with Gasteiger partial charge < -0.3 is 14.6 Å². The highest BCUT2D eigenvalue weighted by Gasteiger charge is 2.48. The molecule has 9 heteroatoms. The standard InChI is InChI=1S/C34H27ClN2O5S/c1-2-18-41-25-15-10-23(11-16-25)31(38)29-30(22-8-13-26(14-9-22)42-20-21-6-4-3-5-7-21)37(33(40)32(29)39)34-36-27-17-12-24(35)19-28(27)43-34/h3-17,19,30,38H,2,18,20H2,1H3/b31-29+. The molecule has 2 heterocycles. The number of fused-ring (bicyclic) bond motifs is 1. The zero-order valence-corrected chi connectivity index (χ0v) is 24.8. The first kappa shape index (κ1) is 28.5. The number of anilines is 1. The fourth-order valence-corrected chi connectivity index (χ4v) is 6.17. The van der Waals surface area contributed by atoms with Crippen LogP contribution in [0.3, 0.4) is 0 Å². The summed E-state index contributed by atoms with van der Waals surface area (Å²) in [6.45, 7) is 2.97. The third kappa shape index (κ3) is 5.84. The highest BCUT2D eigenvalue weighted by Crippen LogP contribution is 2.45. The molecule has 0 radical (unpaired) electrons. The molecule has 1 aliphatic rings. The second-order valence-electron chi connectivity index (χ2n) is 9.99. The number of hydrogen-bond acceptors (Lipinski definition) is 7. The Kier molecular flexibility index (Phi) is 8.13. The first-order valence-corrected chi connectivity index (χ1v) is 15.0. The van der Waals surface area contributed by atoms with Crippen LogP contribution >= 0.6 is 22.9 Å². The molecule has 0 bridgehead atoms. The summed E-state index contributed by atoms with van der Waals surface area (Å²) in [6, 6.07) is 28.1. The van der Waals surface area contributed by atoms with E-state index in [4.69, 9.17) is 21.1 Å². The van der Waals surface area contributed by atoms with Gasteiger partial charge in [0.1, 0.15) is 23.9 Å². The quantitative estimate of drug-likeness (QED) is 0.103. The van der Waals surface area contributed by atoms with Crippen LogP contribution in [0.4, 0.5) is 5.13 Å². The number of halogens is 1. The first-order valence-electron chi connectivity index (χ1n) is 13.8. The number of ketones is 1. The smallest absolute Gasteiger partial charge is 0.301 e. The molecule has 43 heavy (non-hydrogen) atoms. The van der Waals surface area contributed by atoms with Crippen LogP contribution in [0.25, 0.3) is 16.0 Å². The molecular weight excluding hydrogens is 584 g/mol. The zero-order valence-electron chi connectivity index (χ0n) is 23.2. The molecule has 1 aromatic heterocycles. The molecule has 216 valence electrons. The van der Waals surface area contributed by atoms with Crippen molar-refractivity contribution in [1.82, 2.24) is 4.98 Å². The van der Waals surface area contributed by atoms with Crippen LogP contribution in [0.2, 0.25) is 5.02 Å². The van der Waals surface area contributed by atoms with Gasteiger partial charge in [-0.15, -0.1) is 0 Å². The molecule has 0 saturated carbocycles. The maximum Gasteiger partial charge on any atom is 0.301 e. The highest BCUT2D eigenvalue weighted by atomic mass is 35.5. The van der Waals surface area contributed by atoms with Crippen molar-refractivity contribution in [3.8, 4) is 11.5 Å². The van der Waals surface area contributed by atoms with E-state index in [2.05, 4.69) is 4.98 Å². The SMILES string of the molecule is CCCOc1ccc(/C(O)=C2\C(=O)C(=O)N(c3nc4ccc(Cl)cc4s3)C2c2ccc(OCc3ccccc3)cc2)cc1. The van der Waals surface area contributed by atoms with Gasteiger partial charge in [-0.05, 0) is 72.1 Å². The molecule has 6 rings (SSSR count). The minimum absolute atomic E-state index is 0.0255. The fourth-order valence-electron chi connectivity index (χ4n) is 4.91. The van der Waals surface area contributed by atoms with Crippen LogP contribution in [-0.4, -0.2) is 28.4 Å². The summed E-state index contributed by atoms with van der Waals surface area (Å²) in [4.78, 5) is 33.2. The minimum Gasteiger partial charge on any atom is -0.507 e. The van der Waals surface area contributed by atoms with E-state index in [1.807, 2.05) is 37.3 Å². The summed E-state index contributed by atoms with van der Waals surface area (Å²) >= 11 is 7.45. The molecule has 1 amide bonds. The molecular formula is C34H27ClN2O5S. The van der Waals surface area contributed by atoms with E-state index in [0.717, 1.165) is 16.7 Å². The van der Waals surface area contributed by atoms with Gasteiger partial charge in [0.15, 0.2) is 5.13 Å². The summed E-state index contributed by atoms with van der Waals surface area (Å²) in [6.07, 6.45) is 0.860. The normalized spacial score (nSPS) is 16.1. The van der Waals surface area contributed by atoms with Gasteiger partial charge in [-0.1, -0.05) is 72.3 Å². The first-order chi connectivity index (χ1) is 20.9. The average molecular weight is 611 g/mol. The van der Waals surface area contributed by atoms with Gasteiger partial charge in [-0.2, -0.15) is 0 Å². The van der Waals surface area contributed by atoms with Gasteiger partial charge in [0, 0.05) is 10.6 Å². The molecule has 0 aliphatic carbocycles. The summed E-state index contributed by atoms with van der Waals surface area (Å²) < 4.78 is 12.4. The van der Waals surface area contributed by atoms with E-state index in [-0.39, 0.29) is 11.3 Å². The van der Waals surface area contributed by atoms with Crippen molar-refractivity contribution in [2.75, 3.05) is 11.5 Å². The van der Waals surface area contributed by atoms with Crippen molar-refractivity contribution in [3.05, 3.63) is 124 Å². The largest absolute Gasteiger partial charge is 0.507 e. The topological polar surface area (TPSA) is 89.0 Å². The number of thiazole rings is 1.